The molecule has 0 unspecified atom stereocenters. The molecule has 1 aliphatic carbocycles. The third-order valence-corrected chi connectivity index (χ3v) is 7.00. The highest BCUT2D eigenvalue weighted by molar-refractivity contribution is 5.94. The molecule has 2 aromatic heterocycles. The highest BCUT2D eigenvalue weighted by Gasteiger charge is 2.27. The van der Waals surface area contributed by atoms with Gasteiger partial charge in [0.2, 0.25) is 0 Å². The van der Waals surface area contributed by atoms with Crippen molar-refractivity contribution < 1.29 is 10.0 Å². The number of nitrogens with one attached hydrogen (secondary N) is 1. The average Bonchev–Trinajstić information content (AvgIpc) is 3.48. The zero-order chi connectivity index (χ0) is 25.4. The van der Waals surface area contributed by atoms with E-state index in [-0.39, 0.29) is 0 Å². The Hall–Kier alpha value is -4.49. The lowest BCUT2D eigenvalue weighted by atomic mass is 9.92. The monoisotopic (exact) mass is 489 g/mol. The lowest BCUT2D eigenvalue weighted by Gasteiger charge is -2.13. The Balaban J connectivity index is 1.33. The first-order valence-corrected chi connectivity index (χ1v) is 12.4. The van der Waals surface area contributed by atoms with Crippen molar-refractivity contribution in [2.45, 2.75) is 25.8 Å². The van der Waals surface area contributed by atoms with Crippen molar-refractivity contribution in [2.24, 2.45) is 7.05 Å². The van der Waals surface area contributed by atoms with Crippen molar-refractivity contribution in [3.05, 3.63) is 119 Å². The first-order chi connectivity index (χ1) is 18.1. The van der Waals surface area contributed by atoms with Crippen molar-refractivity contribution >= 4 is 5.91 Å². The summed E-state index contributed by atoms with van der Waals surface area (Å²) in [7, 11) is 1.97. The fourth-order valence-corrected chi connectivity index (χ4v) is 5.17. The molecule has 0 spiro atoms. The first kappa shape index (κ1) is 22.9. The van der Waals surface area contributed by atoms with E-state index in [1.165, 1.54) is 16.8 Å². The molecule has 1 amide bonds. The largest absolute Gasteiger partial charge is 0.288 e. The van der Waals surface area contributed by atoms with Gasteiger partial charge in [-0.15, -0.1) is 0 Å². The summed E-state index contributed by atoms with van der Waals surface area (Å²) in [5.74, 6) is -0.524. The van der Waals surface area contributed by atoms with Gasteiger partial charge in [0.1, 0.15) is 0 Å². The fraction of sp³-hybridized carbons (Fsp3) is 0.167. The minimum Gasteiger partial charge on any atom is -0.288 e. The maximum Gasteiger partial charge on any atom is 0.274 e. The van der Waals surface area contributed by atoms with Gasteiger partial charge in [-0.2, -0.15) is 10.2 Å². The number of aryl methyl sites for hydroxylation is 2. The van der Waals surface area contributed by atoms with Crippen LogP contribution in [-0.4, -0.2) is 30.7 Å². The summed E-state index contributed by atoms with van der Waals surface area (Å²) in [6.07, 6.45) is 4.78. The molecule has 0 saturated heterocycles. The number of benzene rings is 3. The molecule has 0 aliphatic heterocycles. The number of carbonyl (C=O) groups is 1. The normalized spacial score (nSPS) is 12.2. The van der Waals surface area contributed by atoms with Crippen LogP contribution in [0.15, 0.2) is 85.1 Å². The Morgan fingerprint density at radius 3 is 2.51 bits per heavy atom. The smallest absolute Gasteiger partial charge is 0.274 e. The second-order valence-electron chi connectivity index (χ2n) is 9.48. The molecule has 3 aromatic carbocycles. The predicted octanol–water partition coefficient (Wildman–Crippen LogP) is 4.81. The standard InChI is InChI=1S/C30H27N5O2/c1-34-19-26-27(31-34)15-14-25-28(16-20-6-3-2-4-7-20)35(32-29(25)26)18-21-10-12-22(13-11-21)23-8-5-9-24(17-23)30(36)33-37/h2-13,17,19,37H,14-16,18H2,1H3,(H,33,36). The van der Waals surface area contributed by atoms with Crippen LogP contribution < -0.4 is 5.48 Å². The van der Waals surface area contributed by atoms with Gasteiger partial charge in [-0.25, -0.2) is 5.48 Å². The van der Waals surface area contributed by atoms with E-state index in [0.29, 0.717) is 12.1 Å². The van der Waals surface area contributed by atoms with Crippen LogP contribution in [0.1, 0.15) is 38.4 Å². The van der Waals surface area contributed by atoms with Crippen molar-refractivity contribution in [3.8, 4) is 22.4 Å². The van der Waals surface area contributed by atoms with Gasteiger partial charge in [-0.3, -0.25) is 19.4 Å². The second-order valence-corrected chi connectivity index (χ2v) is 9.48. The van der Waals surface area contributed by atoms with E-state index >= 15 is 0 Å². The highest BCUT2D eigenvalue weighted by Crippen LogP contribution is 2.35. The molecular formula is C30H27N5O2. The molecule has 37 heavy (non-hydrogen) atoms. The van der Waals surface area contributed by atoms with Gasteiger partial charge in [-0.1, -0.05) is 66.7 Å². The topological polar surface area (TPSA) is 85.0 Å². The van der Waals surface area contributed by atoms with E-state index in [9.17, 15) is 4.79 Å². The van der Waals surface area contributed by atoms with E-state index in [4.69, 9.17) is 10.3 Å². The molecule has 0 atom stereocenters. The molecule has 184 valence electrons. The zero-order valence-corrected chi connectivity index (χ0v) is 20.6. The van der Waals surface area contributed by atoms with E-state index in [2.05, 4.69) is 64.5 Å². The Kier molecular flexibility index (Phi) is 5.90. The quantitative estimate of drug-likeness (QED) is 0.265. The number of fused-ring (bicyclic) bond motifs is 3. The van der Waals surface area contributed by atoms with Gasteiger partial charge in [-0.05, 0) is 47.2 Å². The van der Waals surface area contributed by atoms with Crippen molar-refractivity contribution in [3.63, 3.8) is 0 Å². The van der Waals surface area contributed by atoms with Crippen molar-refractivity contribution in [1.29, 1.82) is 0 Å². The summed E-state index contributed by atoms with van der Waals surface area (Å²) in [6.45, 7) is 0.665. The summed E-state index contributed by atoms with van der Waals surface area (Å²) >= 11 is 0. The number of rotatable bonds is 6. The number of amides is 1. The second kappa shape index (κ2) is 9.52. The zero-order valence-electron chi connectivity index (χ0n) is 20.6. The third-order valence-electron chi connectivity index (χ3n) is 7.00. The number of hydrogen-bond donors (Lipinski definition) is 2. The number of aromatic nitrogens is 4. The van der Waals surface area contributed by atoms with Crippen LogP contribution in [0.4, 0.5) is 0 Å². The first-order valence-electron chi connectivity index (χ1n) is 12.4. The Morgan fingerprint density at radius 1 is 0.919 bits per heavy atom. The van der Waals surface area contributed by atoms with Gasteiger partial charge >= 0.3 is 0 Å². The van der Waals surface area contributed by atoms with Crippen LogP contribution in [0, 0.1) is 0 Å². The van der Waals surface area contributed by atoms with E-state index in [1.54, 1.807) is 17.6 Å². The van der Waals surface area contributed by atoms with Crippen LogP contribution in [0.25, 0.3) is 22.4 Å². The van der Waals surface area contributed by atoms with E-state index in [0.717, 1.165) is 52.9 Å². The van der Waals surface area contributed by atoms with E-state index in [1.807, 2.05) is 29.9 Å². The van der Waals surface area contributed by atoms with Gasteiger partial charge in [0.25, 0.3) is 5.91 Å². The van der Waals surface area contributed by atoms with Gasteiger partial charge in [0, 0.05) is 42.0 Å². The Morgan fingerprint density at radius 2 is 1.73 bits per heavy atom. The predicted molar refractivity (Wildman–Crippen MR) is 141 cm³/mol. The molecule has 1 aliphatic rings. The Labute approximate surface area is 215 Å². The number of carbonyl (C=O) groups excluding carboxylic acids is 1. The summed E-state index contributed by atoms with van der Waals surface area (Å²) in [6, 6.07) is 26.1. The van der Waals surface area contributed by atoms with Crippen LogP contribution in [-0.2, 0) is 32.9 Å². The van der Waals surface area contributed by atoms with Crippen LogP contribution in [0.5, 0.6) is 0 Å². The number of hydroxylamine groups is 1. The summed E-state index contributed by atoms with van der Waals surface area (Å²) in [5, 5.41) is 18.7. The fourth-order valence-electron chi connectivity index (χ4n) is 5.17. The van der Waals surface area contributed by atoms with E-state index < -0.39 is 5.91 Å². The lowest BCUT2D eigenvalue weighted by molar-refractivity contribution is 0.0706. The highest BCUT2D eigenvalue weighted by atomic mass is 16.5. The molecule has 0 bridgehead atoms. The summed E-state index contributed by atoms with van der Waals surface area (Å²) < 4.78 is 4.04. The van der Waals surface area contributed by atoms with Crippen molar-refractivity contribution in [1.82, 2.24) is 25.0 Å². The molecule has 2 heterocycles. The summed E-state index contributed by atoms with van der Waals surface area (Å²) in [5.41, 5.74) is 12.3. The molecule has 2 N–H and O–H groups in total. The van der Waals surface area contributed by atoms with Crippen molar-refractivity contribution in [2.75, 3.05) is 0 Å². The number of nitrogens with zero attached hydrogens (tertiary/aromatic N) is 4. The summed E-state index contributed by atoms with van der Waals surface area (Å²) in [4.78, 5) is 11.8. The molecule has 5 aromatic rings. The van der Waals surface area contributed by atoms with Gasteiger partial charge in [0.15, 0.2) is 0 Å². The molecule has 6 rings (SSSR count). The average molecular weight is 490 g/mol. The minimum atomic E-state index is -0.524. The molecule has 0 saturated carbocycles. The molecular weight excluding hydrogens is 462 g/mol. The van der Waals surface area contributed by atoms with Crippen LogP contribution in [0.2, 0.25) is 0 Å². The lowest BCUT2D eigenvalue weighted by Crippen LogP contribution is -2.18. The number of hydrogen-bond acceptors (Lipinski definition) is 4. The van der Waals surface area contributed by atoms with Crippen LogP contribution >= 0.6 is 0 Å². The van der Waals surface area contributed by atoms with Crippen LogP contribution in [0.3, 0.4) is 0 Å². The molecule has 0 fully saturated rings. The third kappa shape index (κ3) is 4.45. The van der Waals surface area contributed by atoms with Gasteiger partial charge in [0.05, 0.1) is 17.9 Å². The molecule has 7 heteroatoms. The SMILES string of the molecule is Cn1cc2c(n1)CCc1c-2nn(Cc2ccc(-c3cccc(C(=O)NO)c3)cc2)c1Cc1ccccc1. The molecule has 0 radical (unpaired) electrons. The Bertz CT molecular complexity index is 1580. The van der Waals surface area contributed by atoms with Gasteiger partial charge < -0.3 is 0 Å². The molecule has 7 nitrogen and oxygen atoms in total. The maximum absolute atomic E-state index is 11.8. The minimum absolute atomic E-state index is 0.409. The maximum atomic E-state index is 11.8.